The summed E-state index contributed by atoms with van der Waals surface area (Å²) in [5.41, 5.74) is -3.05. The van der Waals surface area contributed by atoms with E-state index >= 15 is 0 Å². The Morgan fingerprint density at radius 1 is 1.15 bits per heavy atom. The molecule has 0 saturated heterocycles. The fourth-order valence-electron chi connectivity index (χ4n) is 2.42. The number of methoxy groups -OCH3 is 1. The number of hydrogen-bond acceptors (Lipinski definition) is 8. The molecule has 1 N–H and O–H groups in total. The zero-order valence-electron chi connectivity index (χ0n) is 17.8. The van der Waals surface area contributed by atoms with Crippen LogP contribution in [0, 0.1) is 0 Å². The fraction of sp³-hybridized carbons (Fsp3) is 0.667. The molecule has 152 valence electrons. The number of nitrogens with one attached hydrogen (secondary N) is 1. The highest BCUT2D eigenvalue weighted by molar-refractivity contribution is 6.08. The molecule has 0 spiro atoms. The fourth-order valence-corrected chi connectivity index (χ4v) is 2.42. The summed E-state index contributed by atoms with van der Waals surface area (Å²) in [7, 11) is 1.31. The van der Waals surface area contributed by atoms with Gasteiger partial charge in [-0.3, -0.25) is 4.79 Å². The summed E-state index contributed by atoms with van der Waals surface area (Å²) < 4.78 is 29.4. The van der Waals surface area contributed by atoms with Gasteiger partial charge in [-0.05, 0) is 19.0 Å². The Morgan fingerprint density at radius 2 is 1.67 bits per heavy atom. The van der Waals surface area contributed by atoms with Gasteiger partial charge in [0.2, 0.25) is 11.4 Å². The zero-order valence-corrected chi connectivity index (χ0v) is 16.8. The number of carbonyl (C=O) groups excluding carboxylic acids is 3. The number of amides is 1. The number of carbonyl (C=O) groups is 3. The lowest BCUT2D eigenvalue weighted by atomic mass is 9.84. The number of esters is 2. The molecule has 0 fully saturated rings. The second kappa shape index (κ2) is 8.88. The summed E-state index contributed by atoms with van der Waals surface area (Å²) in [4.78, 5) is 37.6. The third kappa shape index (κ3) is 4.99. The SMILES string of the molecule is [2H]C(c1c(OC)noc1C(C)(C)C)C(NC(C)=O)(C(=O)OCC)C(=O)OCC. The smallest absolute Gasteiger partial charge is 0.344 e. The van der Waals surface area contributed by atoms with Crippen molar-refractivity contribution in [2.75, 3.05) is 20.3 Å². The molecule has 0 saturated carbocycles. The number of rotatable bonds is 8. The molecular formula is C18H28N2O7. The third-order valence-electron chi connectivity index (χ3n) is 3.50. The summed E-state index contributed by atoms with van der Waals surface area (Å²) in [6.07, 6.45) is -1.70. The zero-order chi connectivity index (χ0) is 21.7. The molecule has 0 aromatic carbocycles. The Hall–Kier alpha value is -2.58. The van der Waals surface area contributed by atoms with E-state index in [4.69, 9.17) is 20.1 Å². The van der Waals surface area contributed by atoms with Gasteiger partial charge in [-0.2, -0.15) is 0 Å². The van der Waals surface area contributed by atoms with Gasteiger partial charge in [0.25, 0.3) is 5.88 Å². The van der Waals surface area contributed by atoms with Crippen molar-refractivity contribution in [3.8, 4) is 5.88 Å². The van der Waals surface area contributed by atoms with Crippen molar-refractivity contribution in [1.82, 2.24) is 10.5 Å². The first-order chi connectivity index (χ1) is 13.0. The number of aromatic nitrogens is 1. The predicted molar refractivity (Wildman–Crippen MR) is 95.3 cm³/mol. The molecule has 1 unspecified atom stereocenters. The van der Waals surface area contributed by atoms with Crippen molar-refractivity contribution >= 4 is 17.8 Å². The summed E-state index contributed by atoms with van der Waals surface area (Å²) >= 11 is 0. The molecule has 0 aliphatic rings. The topological polar surface area (TPSA) is 117 Å². The lowest BCUT2D eigenvalue weighted by Gasteiger charge is -2.30. The molecule has 1 heterocycles. The van der Waals surface area contributed by atoms with Crippen LogP contribution in [0.2, 0.25) is 0 Å². The van der Waals surface area contributed by atoms with E-state index in [2.05, 4.69) is 10.5 Å². The van der Waals surface area contributed by atoms with Gasteiger partial charge >= 0.3 is 11.9 Å². The van der Waals surface area contributed by atoms with Crippen LogP contribution in [0.5, 0.6) is 5.88 Å². The van der Waals surface area contributed by atoms with Gasteiger partial charge in [0.15, 0.2) is 0 Å². The minimum absolute atomic E-state index is 0.0462. The van der Waals surface area contributed by atoms with E-state index in [1.165, 1.54) is 7.11 Å². The molecule has 1 rings (SSSR count). The second-order valence-electron chi connectivity index (χ2n) is 6.76. The number of ether oxygens (including phenoxy) is 3. The molecule has 9 heteroatoms. The van der Waals surface area contributed by atoms with Gasteiger partial charge in [-0.25, -0.2) is 9.59 Å². The van der Waals surface area contributed by atoms with E-state index in [1.807, 2.05) is 0 Å². The van der Waals surface area contributed by atoms with E-state index in [9.17, 15) is 14.4 Å². The van der Waals surface area contributed by atoms with Crippen LogP contribution in [0.4, 0.5) is 0 Å². The standard InChI is InChI=1S/C18H28N2O7/c1-8-25-15(22)18(19-11(3)21,16(23)26-9-2)10-12-13(17(4,5)6)27-20-14(12)24-7/h8-10H2,1-7H3,(H,19,21)/i10D. The first-order valence-corrected chi connectivity index (χ1v) is 8.56. The van der Waals surface area contributed by atoms with Crippen LogP contribution in [0.3, 0.4) is 0 Å². The summed E-state index contributed by atoms with van der Waals surface area (Å²) in [5, 5.41) is 6.07. The van der Waals surface area contributed by atoms with E-state index in [0.29, 0.717) is 0 Å². The summed E-state index contributed by atoms with van der Waals surface area (Å²) in [5.74, 6) is -2.80. The molecule has 1 aromatic rings. The lowest BCUT2D eigenvalue weighted by Crippen LogP contribution is -2.62. The molecule has 0 aliphatic carbocycles. The van der Waals surface area contributed by atoms with Gasteiger partial charge in [0.05, 0.1) is 25.9 Å². The quantitative estimate of drug-likeness (QED) is 0.529. The number of nitrogens with zero attached hydrogens (tertiary/aromatic N) is 1. The van der Waals surface area contributed by atoms with Crippen LogP contribution in [0.25, 0.3) is 0 Å². The lowest BCUT2D eigenvalue weighted by molar-refractivity contribution is -0.168. The molecule has 1 aromatic heterocycles. The van der Waals surface area contributed by atoms with Crippen LogP contribution < -0.4 is 10.1 Å². The van der Waals surface area contributed by atoms with Crippen molar-refractivity contribution < 1.29 is 34.5 Å². The highest BCUT2D eigenvalue weighted by Crippen LogP contribution is 2.35. The van der Waals surface area contributed by atoms with Crippen molar-refractivity contribution in [2.45, 2.75) is 58.9 Å². The van der Waals surface area contributed by atoms with Crippen molar-refractivity contribution in [1.29, 1.82) is 0 Å². The Kier molecular flexibility index (Phi) is 6.81. The molecular weight excluding hydrogens is 356 g/mol. The maximum Gasteiger partial charge on any atom is 0.344 e. The Labute approximate surface area is 160 Å². The van der Waals surface area contributed by atoms with E-state index in [1.54, 1.807) is 34.6 Å². The van der Waals surface area contributed by atoms with Gasteiger partial charge < -0.3 is 24.1 Å². The summed E-state index contributed by atoms with van der Waals surface area (Å²) in [6, 6.07) is 0. The maximum atomic E-state index is 12.9. The Balaban J connectivity index is 3.78. The Bertz CT molecular complexity index is 706. The third-order valence-corrected chi connectivity index (χ3v) is 3.50. The van der Waals surface area contributed by atoms with Crippen molar-refractivity contribution in [3.05, 3.63) is 11.3 Å². The highest BCUT2D eigenvalue weighted by Gasteiger charge is 2.52. The molecule has 0 aliphatic heterocycles. The van der Waals surface area contributed by atoms with Gasteiger partial charge in [0.1, 0.15) is 5.76 Å². The molecule has 0 bridgehead atoms. The van der Waals surface area contributed by atoms with Gasteiger partial charge in [-0.15, -0.1) is 0 Å². The molecule has 9 nitrogen and oxygen atoms in total. The summed E-state index contributed by atoms with van der Waals surface area (Å²) in [6.45, 7) is 9.48. The van der Waals surface area contributed by atoms with E-state index in [-0.39, 0.29) is 30.4 Å². The number of hydrogen-bond donors (Lipinski definition) is 1. The van der Waals surface area contributed by atoms with E-state index < -0.39 is 35.2 Å². The van der Waals surface area contributed by atoms with Gasteiger partial charge in [0, 0.05) is 20.1 Å². The van der Waals surface area contributed by atoms with Crippen molar-refractivity contribution in [3.63, 3.8) is 0 Å². The van der Waals surface area contributed by atoms with Crippen molar-refractivity contribution in [2.24, 2.45) is 0 Å². The monoisotopic (exact) mass is 385 g/mol. The average molecular weight is 385 g/mol. The van der Waals surface area contributed by atoms with Crippen LogP contribution in [-0.4, -0.2) is 48.9 Å². The first-order valence-electron chi connectivity index (χ1n) is 9.14. The largest absolute Gasteiger partial charge is 0.479 e. The molecule has 1 atom stereocenters. The molecule has 27 heavy (non-hydrogen) atoms. The predicted octanol–water partition coefficient (Wildman–Crippen LogP) is 1.52. The minimum Gasteiger partial charge on any atom is -0.479 e. The van der Waals surface area contributed by atoms with Crippen LogP contribution >= 0.6 is 0 Å². The molecule has 1 amide bonds. The first kappa shape index (κ1) is 20.7. The maximum absolute atomic E-state index is 12.9. The average Bonchev–Trinajstić information content (AvgIpc) is 3.03. The molecule has 0 radical (unpaired) electrons. The van der Waals surface area contributed by atoms with E-state index in [0.717, 1.165) is 6.92 Å². The van der Waals surface area contributed by atoms with Gasteiger partial charge in [-0.1, -0.05) is 20.8 Å². The second-order valence-corrected chi connectivity index (χ2v) is 6.76. The van der Waals surface area contributed by atoms with Crippen LogP contribution in [0.15, 0.2) is 4.52 Å². The van der Waals surface area contributed by atoms with Crippen LogP contribution in [0.1, 0.15) is 54.2 Å². The Morgan fingerprint density at radius 3 is 2.04 bits per heavy atom. The normalized spacial score (nSPS) is 13.4. The van der Waals surface area contributed by atoms with Crippen LogP contribution in [-0.2, 0) is 35.7 Å². The minimum atomic E-state index is -2.46. The highest BCUT2D eigenvalue weighted by atomic mass is 16.6.